The Morgan fingerprint density at radius 2 is 1.48 bits per heavy atom. The first-order valence-corrected chi connectivity index (χ1v) is 11.2. The van der Waals surface area contributed by atoms with Crippen molar-refractivity contribution in [2.75, 3.05) is 19.8 Å². The van der Waals surface area contributed by atoms with E-state index in [0.29, 0.717) is 46.3 Å². The molecule has 2 aliphatic rings. The van der Waals surface area contributed by atoms with Gasteiger partial charge in [0.1, 0.15) is 18.1 Å². The second-order valence-electron chi connectivity index (χ2n) is 8.48. The molecule has 4 rings (SSSR count). The van der Waals surface area contributed by atoms with Crippen molar-refractivity contribution in [3.05, 3.63) is 58.6 Å². The Balaban J connectivity index is 1.09. The van der Waals surface area contributed by atoms with E-state index in [0.717, 1.165) is 19.3 Å². The zero-order valence-corrected chi connectivity index (χ0v) is 18.6. The van der Waals surface area contributed by atoms with Crippen LogP contribution < -0.4 is 14.8 Å². The van der Waals surface area contributed by atoms with Crippen LogP contribution in [0.25, 0.3) is 0 Å². The van der Waals surface area contributed by atoms with Gasteiger partial charge >= 0.3 is 0 Å². The van der Waals surface area contributed by atoms with Gasteiger partial charge in [0.25, 0.3) is 5.91 Å². The van der Waals surface area contributed by atoms with Gasteiger partial charge in [0, 0.05) is 23.0 Å². The normalized spacial score (nSPS) is 23.3. The Labute approximate surface area is 192 Å². The third-order valence-electron chi connectivity index (χ3n) is 6.32. The number of hydrogen-bond acceptors (Lipinski definition) is 4. The molecule has 0 radical (unpaired) electrons. The smallest absolute Gasteiger partial charge is 0.257 e. The number of halogens is 2. The van der Waals surface area contributed by atoms with Crippen LogP contribution >= 0.6 is 23.2 Å². The topological polar surface area (TPSA) is 64.6 Å². The summed E-state index contributed by atoms with van der Waals surface area (Å²) in [6.07, 6.45) is 3.63. The van der Waals surface area contributed by atoms with Crippen molar-refractivity contribution in [3.8, 4) is 11.5 Å². The monoisotopic (exact) mass is 461 g/mol. The highest BCUT2D eigenvalue weighted by Crippen LogP contribution is 2.71. The molecule has 0 aromatic heterocycles. The quantitative estimate of drug-likeness (QED) is 0.514. The third kappa shape index (κ3) is 5.72. The number of carbonyl (C=O) groups is 2. The first kappa shape index (κ1) is 22.0. The minimum Gasteiger partial charge on any atom is -0.486 e. The van der Waals surface area contributed by atoms with E-state index >= 15 is 0 Å². The summed E-state index contributed by atoms with van der Waals surface area (Å²) in [7, 11) is 0. The van der Waals surface area contributed by atoms with Crippen molar-refractivity contribution in [1.29, 1.82) is 0 Å². The minimum absolute atomic E-state index is 0.00602. The first-order chi connectivity index (χ1) is 14.9. The predicted octanol–water partition coefficient (Wildman–Crippen LogP) is 4.94. The van der Waals surface area contributed by atoms with Gasteiger partial charge in [0.2, 0.25) is 0 Å². The average molecular weight is 462 g/mol. The van der Waals surface area contributed by atoms with Crippen molar-refractivity contribution in [2.45, 2.75) is 25.7 Å². The fraction of sp³-hybridized carbons (Fsp3) is 0.417. The number of benzene rings is 2. The summed E-state index contributed by atoms with van der Waals surface area (Å²) in [5, 5.41) is 4.26. The van der Waals surface area contributed by atoms with E-state index in [2.05, 4.69) is 5.32 Å². The summed E-state index contributed by atoms with van der Waals surface area (Å²) in [5.74, 6) is 2.46. The van der Waals surface area contributed by atoms with E-state index < -0.39 is 0 Å². The lowest BCUT2D eigenvalue weighted by molar-refractivity contribution is -0.123. The summed E-state index contributed by atoms with van der Waals surface area (Å²) in [5.41, 5.74) is 0.240. The van der Waals surface area contributed by atoms with Crippen LogP contribution in [0.5, 0.6) is 11.5 Å². The van der Waals surface area contributed by atoms with E-state index in [-0.39, 0.29) is 30.3 Å². The zero-order valence-electron chi connectivity index (χ0n) is 17.1. The van der Waals surface area contributed by atoms with Gasteiger partial charge in [-0.3, -0.25) is 9.59 Å². The maximum Gasteiger partial charge on any atom is 0.257 e. The van der Waals surface area contributed by atoms with Gasteiger partial charge in [-0.2, -0.15) is 0 Å². The maximum atomic E-state index is 12.1. The number of fused-ring (bicyclic) bond motifs is 1. The molecule has 3 unspecified atom stereocenters. The van der Waals surface area contributed by atoms with E-state index in [1.165, 1.54) is 0 Å². The molecule has 0 saturated heterocycles. The molecule has 5 nitrogen and oxygen atoms in total. The van der Waals surface area contributed by atoms with Crippen LogP contribution in [0.3, 0.4) is 0 Å². The van der Waals surface area contributed by atoms with Gasteiger partial charge in [0.15, 0.2) is 12.4 Å². The van der Waals surface area contributed by atoms with Gasteiger partial charge < -0.3 is 14.8 Å². The van der Waals surface area contributed by atoms with Crippen molar-refractivity contribution in [1.82, 2.24) is 5.32 Å². The predicted molar refractivity (Wildman–Crippen MR) is 120 cm³/mol. The number of nitrogens with one attached hydrogen (secondary N) is 1. The Kier molecular flexibility index (Phi) is 6.73. The first-order valence-electron chi connectivity index (χ1n) is 10.5. The Morgan fingerprint density at radius 3 is 2.06 bits per heavy atom. The lowest BCUT2D eigenvalue weighted by Crippen LogP contribution is -2.40. The molecule has 7 heteroatoms. The standard InChI is InChI=1S/C24H25Cl2NO4/c25-17-2-7-20(8-3-17)30-13-19(28)6-1-16-11-24(12-22(16)24)15-27-23(29)14-31-21-9-4-18(26)5-10-21/h2-5,7-10,16,22H,1,6,11-15H2,(H,27,29). The number of hydrogen-bond donors (Lipinski definition) is 1. The molecule has 2 aromatic carbocycles. The summed E-state index contributed by atoms with van der Waals surface area (Å²) >= 11 is 11.7. The number of carbonyl (C=O) groups excluding carboxylic acids is 2. The van der Waals surface area contributed by atoms with E-state index in [9.17, 15) is 9.59 Å². The second kappa shape index (κ2) is 9.49. The maximum absolute atomic E-state index is 12.1. The zero-order chi connectivity index (χ0) is 21.8. The molecule has 0 aliphatic heterocycles. The number of ether oxygens (including phenoxy) is 2. The van der Waals surface area contributed by atoms with Crippen molar-refractivity contribution in [3.63, 3.8) is 0 Å². The Bertz CT molecular complexity index is 932. The summed E-state index contributed by atoms with van der Waals surface area (Å²) in [6, 6.07) is 13.9. The van der Waals surface area contributed by atoms with Gasteiger partial charge in [0.05, 0.1) is 0 Å². The minimum atomic E-state index is -0.118. The summed E-state index contributed by atoms with van der Waals surface area (Å²) in [4.78, 5) is 24.2. The van der Waals surface area contributed by atoms with Crippen LogP contribution in [-0.4, -0.2) is 31.4 Å². The van der Waals surface area contributed by atoms with E-state index in [1.807, 2.05) is 0 Å². The molecule has 31 heavy (non-hydrogen) atoms. The SMILES string of the molecule is O=C(CCC1CC2(CNC(=O)COc3ccc(Cl)cc3)CC12)COc1ccc(Cl)cc1. The fourth-order valence-corrected chi connectivity index (χ4v) is 4.73. The molecule has 164 valence electrons. The van der Waals surface area contributed by atoms with E-state index in [1.54, 1.807) is 48.5 Å². The third-order valence-corrected chi connectivity index (χ3v) is 6.82. The van der Waals surface area contributed by atoms with Crippen molar-refractivity contribution < 1.29 is 19.1 Å². The molecule has 1 amide bonds. The Morgan fingerprint density at radius 1 is 0.903 bits per heavy atom. The molecule has 3 atom stereocenters. The van der Waals surface area contributed by atoms with Crippen LogP contribution in [0, 0.1) is 17.3 Å². The number of ketones is 1. The van der Waals surface area contributed by atoms with Crippen LogP contribution in [0.15, 0.2) is 48.5 Å². The molecule has 2 aliphatic carbocycles. The van der Waals surface area contributed by atoms with Crippen LogP contribution in [0.4, 0.5) is 0 Å². The van der Waals surface area contributed by atoms with Crippen molar-refractivity contribution in [2.24, 2.45) is 17.3 Å². The van der Waals surface area contributed by atoms with Gasteiger partial charge in [-0.25, -0.2) is 0 Å². The molecule has 2 aromatic rings. The molecular weight excluding hydrogens is 437 g/mol. The molecule has 2 fully saturated rings. The lowest BCUT2D eigenvalue weighted by Gasteiger charge is -2.35. The molecular formula is C24H25Cl2NO4. The fourth-order valence-electron chi connectivity index (χ4n) is 4.48. The summed E-state index contributed by atoms with van der Waals surface area (Å²) < 4.78 is 11.0. The van der Waals surface area contributed by atoms with Gasteiger partial charge in [-0.15, -0.1) is 0 Å². The van der Waals surface area contributed by atoms with E-state index in [4.69, 9.17) is 32.7 Å². The van der Waals surface area contributed by atoms with Gasteiger partial charge in [-0.05, 0) is 85.0 Å². The molecule has 0 bridgehead atoms. The number of rotatable bonds is 11. The lowest BCUT2D eigenvalue weighted by atomic mass is 9.72. The second-order valence-corrected chi connectivity index (χ2v) is 9.35. The van der Waals surface area contributed by atoms with Crippen LogP contribution in [-0.2, 0) is 9.59 Å². The molecule has 0 spiro atoms. The highest BCUT2D eigenvalue weighted by Gasteiger charge is 2.66. The van der Waals surface area contributed by atoms with Crippen molar-refractivity contribution >= 4 is 34.9 Å². The molecule has 1 N–H and O–H groups in total. The molecule has 2 saturated carbocycles. The summed E-state index contributed by atoms with van der Waals surface area (Å²) in [6.45, 7) is 0.770. The number of amides is 1. The molecule has 0 heterocycles. The Hall–Kier alpha value is -2.24. The van der Waals surface area contributed by atoms with Gasteiger partial charge in [-0.1, -0.05) is 23.2 Å². The average Bonchev–Trinajstić information content (AvgIpc) is 3.35. The number of Topliss-reactive ketones (excluding diaryl/α,β-unsaturated/α-hetero) is 1. The van der Waals surface area contributed by atoms with Crippen LogP contribution in [0.1, 0.15) is 25.7 Å². The highest BCUT2D eigenvalue weighted by molar-refractivity contribution is 6.30. The largest absolute Gasteiger partial charge is 0.486 e. The highest BCUT2D eigenvalue weighted by atomic mass is 35.5. The van der Waals surface area contributed by atoms with Crippen LogP contribution in [0.2, 0.25) is 10.0 Å².